The summed E-state index contributed by atoms with van der Waals surface area (Å²) in [5, 5.41) is 0. The molecule has 4 nitrogen and oxygen atoms in total. The van der Waals surface area contributed by atoms with Gasteiger partial charge in [0.15, 0.2) is 0 Å². The molecule has 3 N–H and O–H groups in total. The van der Waals surface area contributed by atoms with E-state index in [4.69, 9.17) is 5.73 Å². The number of nitrogens with two attached hydrogens (primary N) is 1. The third-order valence-electron chi connectivity index (χ3n) is 2.90. The Morgan fingerprint density at radius 2 is 2.19 bits per heavy atom. The number of nitrogen functional groups attached to an aromatic ring is 1. The zero-order chi connectivity index (χ0) is 11.8. The van der Waals surface area contributed by atoms with Crippen molar-refractivity contribution in [1.82, 2.24) is 4.72 Å². The Hall–Kier alpha value is -1.07. The molecule has 0 aromatic heterocycles. The van der Waals surface area contributed by atoms with E-state index in [2.05, 4.69) is 10.8 Å². The lowest BCUT2D eigenvalue weighted by molar-refractivity contribution is 0.511. The van der Waals surface area contributed by atoms with E-state index in [0.29, 0.717) is 6.42 Å². The summed E-state index contributed by atoms with van der Waals surface area (Å²) in [5.74, 6) is 0. The molecule has 1 unspecified atom stereocenters. The minimum atomic E-state index is -3.13. The van der Waals surface area contributed by atoms with E-state index in [-0.39, 0.29) is 6.04 Å². The van der Waals surface area contributed by atoms with Gasteiger partial charge in [0.05, 0.1) is 6.26 Å². The summed E-state index contributed by atoms with van der Waals surface area (Å²) < 4.78 is 25.0. The van der Waals surface area contributed by atoms with Crippen LogP contribution in [0.3, 0.4) is 0 Å². The van der Waals surface area contributed by atoms with Crippen molar-refractivity contribution in [3.63, 3.8) is 0 Å². The largest absolute Gasteiger partial charge is 0.398 e. The SMILES string of the molecule is CS(=O)(=O)NC1CCc2cccc(N)c2C1. The number of nitrogens with one attached hydrogen (secondary N) is 1. The van der Waals surface area contributed by atoms with E-state index in [1.165, 1.54) is 11.8 Å². The van der Waals surface area contributed by atoms with Gasteiger partial charge in [-0.15, -0.1) is 0 Å². The van der Waals surface area contributed by atoms with E-state index in [9.17, 15) is 8.42 Å². The highest BCUT2D eigenvalue weighted by molar-refractivity contribution is 7.88. The number of hydrogen-bond acceptors (Lipinski definition) is 3. The van der Waals surface area contributed by atoms with Crippen molar-refractivity contribution in [3.05, 3.63) is 29.3 Å². The van der Waals surface area contributed by atoms with Crippen LogP contribution in [0.2, 0.25) is 0 Å². The van der Waals surface area contributed by atoms with Crippen molar-refractivity contribution in [2.24, 2.45) is 0 Å². The van der Waals surface area contributed by atoms with Gasteiger partial charge in [-0.3, -0.25) is 0 Å². The molecule has 1 aromatic carbocycles. The fourth-order valence-corrected chi connectivity index (χ4v) is 3.03. The third kappa shape index (κ3) is 2.54. The van der Waals surface area contributed by atoms with Crippen LogP contribution in [0.1, 0.15) is 17.5 Å². The standard InChI is InChI=1S/C11H16N2O2S/c1-16(14,15)13-9-6-5-8-3-2-4-11(12)10(8)7-9/h2-4,9,13H,5-7,12H2,1H3. The van der Waals surface area contributed by atoms with Crippen molar-refractivity contribution in [2.45, 2.75) is 25.3 Å². The summed E-state index contributed by atoms with van der Waals surface area (Å²) in [6, 6.07) is 5.84. The van der Waals surface area contributed by atoms with Crippen LogP contribution in [-0.2, 0) is 22.9 Å². The van der Waals surface area contributed by atoms with Crippen molar-refractivity contribution in [3.8, 4) is 0 Å². The molecule has 0 saturated carbocycles. The average molecular weight is 240 g/mol. The van der Waals surface area contributed by atoms with Gasteiger partial charge in [-0.05, 0) is 36.5 Å². The maximum absolute atomic E-state index is 11.2. The topological polar surface area (TPSA) is 72.2 Å². The van der Waals surface area contributed by atoms with Crippen LogP contribution in [0.5, 0.6) is 0 Å². The Morgan fingerprint density at radius 1 is 1.44 bits per heavy atom. The van der Waals surface area contributed by atoms with Gasteiger partial charge in [0.1, 0.15) is 0 Å². The van der Waals surface area contributed by atoms with E-state index in [1.807, 2.05) is 12.1 Å². The molecule has 16 heavy (non-hydrogen) atoms. The smallest absolute Gasteiger partial charge is 0.208 e. The van der Waals surface area contributed by atoms with Gasteiger partial charge in [-0.2, -0.15) is 0 Å². The molecule has 1 atom stereocenters. The monoisotopic (exact) mass is 240 g/mol. The second kappa shape index (κ2) is 4.07. The first-order valence-corrected chi connectivity index (χ1v) is 7.18. The van der Waals surface area contributed by atoms with Crippen molar-refractivity contribution in [2.75, 3.05) is 12.0 Å². The van der Waals surface area contributed by atoms with Crippen molar-refractivity contribution >= 4 is 15.7 Å². The molecule has 1 aliphatic rings. The Balaban J connectivity index is 2.20. The first-order valence-electron chi connectivity index (χ1n) is 5.29. The maximum Gasteiger partial charge on any atom is 0.208 e. The number of anilines is 1. The molecular formula is C11H16N2O2S. The van der Waals surface area contributed by atoms with Gasteiger partial charge >= 0.3 is 0 Å². The Morgan fingerprint density at radius 3 is 2.88 bits per heavy atom. The quantitative estimate of drug-likeness (QED) is 0.746. The Bertz CT molecular complexity index is 497. The minimum absolute atomic E-state index is 0.0211. The zero-order valence-corrected chi connectivity index (χ0v) is 10.0. The summed E-state index contributed by atoms with van der Waals surface area (Å²) in [4.78, 5) is 0. The second-order valence-electron chi connectivity index (χ2n) is 4.31. The fourth-order valence-electron chi connectivity index (χ4n) is 2.22. The van der Waals surface area contributed by atoms with Crippen LogP contribution in [-0.4, -0.2) is 20.7 Å². The van der Waals surface area contributed by atoms with Crippen molar-refractivity contribution in [1.29, 1.82) is 0 Å². The highest BCUT2D eigenvalue weighted by Crippen LogP contribution is 2.26. The maximum atomic E-state index is 11.2. The molecule has 0 saturated heterocycles. The van der Waals surface area contributed by atoms with Crippen molar-refractivity contribution < 1.29 is 8.42 Å². The molecule has 0 spiro atoms. The van der Waals surface area contributed by atoms with E-state index in [1.54, 1.807) is 0 Å². The van der Waals surface area contributed by atoms with Gasteiger partial charge in [-0.25, -0.2) is 13.1 Å². The van der Waals surface area contributed by atoms with Gasteiger partial charge < -0.3 is 5.73 Å². The molecular weight excluding hydrogens is 224 g/mol. The predicted octanol–water partition coefficient (Wildman–Crippen LogP) is 0.675. The molecule has 0 fully saturated rings. The summed E-state index contributed by atoms with van der Waals surface area (Å²) in [7, 11) is -3.13. The molecule has 2 rings (SSSR count). The fraction of sp³-hybridized carbons (Fsp3) is 0.455. The summed E-state index contributed by atoms with van der Waals surface area (Å²) in [6.07, 6.45) is 3.60. The molecule has 0 aliphatic heterocycles. The number of hydrogen-bond donors (Lipinski definition) is 2. The van der Waals surface area contributed by atoms with Gasteiger partial charge in [0, 0.05) is 11.7 Å². The van der Waals surface area contributed by atoms with Gasteiger partial charge in [0.2, 0.25) is 10.0 Å². The highest BCUT2D eigenvalue weighted by atomic mass is 32.2. The zero-order valence-electron chi connectivity index (χ0n) is 9.23. The number of benzene rings is 1. The summed E-state index contributed by atoms with van der Waals surface area (Å²) in [6.45, 7) is 0. The van der Waals surface area contributed by atoms with E-state index < -0.39 is 10.0 Å². The summed E-state index contributed by atoms with van der Waals surface area (Å²) >= 11 is 0. The molecule has 88 valence electrons. The van der Waals surface area contributed by atoms with Gasteiger partial charge in [0.25, 0.3) is 0 Å². The average Bonchev–Trinajstić information content (AvgIpc) is 2.17. The second-order valence-corrected chi connectivity index (χ2v) is 6.09. The number of fused-ring (bicyclic) bond motifs is 1. The van der Waals surface area contributed by atoms with Gasteiger partial charge in [-0.1, -0.05) is 12.1 Å². The van der Waals surface area contributed by atoms with Crippen LogP contribution in [0.15, 0.2) is 18.2 Å². The van der Waals surface area contributed by atoms with Crippen LogP contribution in [0.25, 0.3) is 0 Å². The lowest BCUT2D eigenvalue weighted by atomic mass is 9.88. The van der Waals surface area contributed by atoms with Crippen LogP contribution >= 0.6 is 0 Å². The van der Waals surface area contributed by atoms with E-state index >= 15 is 0 Å². The van der Waals surface area contributed by atoms with E-state index in [0.717, 1.165) is 24.1 Å². The molecule has 5 heteroatoms. The molecule has 0 amide bonds. The first kappa shape index (κ1) is 11.4. The van der Waals surface area contributed by atoms with Crippen LogP contribution in [0.4, 0.5) is 5.69 Å². The first-order chi connectivity index (χ1) is 7.46. The lowest BCUT2D eigenvalue weighted by Crippen LogP contribution is -2.38. The van der Waals surface area contributed by atoms with Crippen LogP contribution in [0, 0.1) is 0 Å². The molecule has 1 aromatic rings. The third-order valence-corrected chi connectivity index (χ3v) is 3.66. The number of rotatable bonds is 2. The Labute approximate surface area is 95.9 Å². The molecule has 0 radical (unpaired) electrons. The molecule has 0 bridgehead atoms. The summed E-state index contributed by atoms with van der Waals surface area (Å²) in [5.41, 5.74) is 8.99. The normalized spacial score (nSPS) is 20.4. The number of sulfonamides is 1. The van der Waals surface area contributed by atoms with Crippen LogP contribution < -0.4 is 10.5 Å². The number of aryl methyl sites for hydroxylation is 1. The highest BCUT2D eigenvalue weighted by Gasteiger charge is 2.22. The molecule has 0 heterocycles. The predicted molar refractivity (Wildman–Crippen MR) is 64.6 cm³/mol. The minimum Gasteiger partial charge on any atom is -0.398 e. The lowest BCUT2D eigenvalue weighted by Gasteiger charge is -2.25. The molecule has 1 aliphatic carbocycles. The Kier molecular flexibility index (Phi) is 2.90.